The van der Waals surface area contributed by atoms with Gasteiger partial charge in [0.05, 0.1) is 0 Å². The lowest BCUT2D eigenvalue weighted by atomic mass is 10.4. The largest absolute Gasteiger partial charge is 0.104 e. The number of hydrogen-bond acceptors (Lipinski definition) is 0. The minimum absolute atomic E-state index is 0. The first-order valence-corrected chi connectivity index (χ1v) is 2.37. The highest BCUT2D eigenvalue weighted by atomic mass is 13.6. The van der Waals surface area contributed by atoms with E-state index in [4.69, 9.17) is 0 Å². The molecule has 7 heavy (non-hydrogen) atoms. The Morgan fingerprint density at radius 2 is 1.29 bits per heavy atom. The normalized spacial score (nSPS) is 5.43. The van der Waals surface area contributed by atoms with Crippen molar-refractivity contribution in [3.63, 3.8) is 0 Å². The summed E-state index contributed by atoms with van der Waals surface area (Å²) in [6, 6.07) is 0. The Morgan fingerprint density at radius 3 is 1.43 bits per heavy atom. The van der Waals surface area contributed by atoms with Gasteiger partial charge in [-0.25, -0.2) is 0 Å². The van der Waals surface area contributed by atoms with Crippen molar-refractivity contribution in [2.75, 3.05) is 0 Å². The molecule has 0 amide bonds. The van der Waals surface area contributed by atoms with Gasteiger partial charge in [-0.3, -0.25) is 0 Å². The van der Waals surface area contributed by atoms with Gasteiger partial charge in [0.1, 0.15) is 0 Å². The predicted molar refractivity (Wildman–Crippen MR) is 35.1 cm³/mol. The smallest absolute Gasteiger partial charge is 0.00602 e. The van der Waals surface area contributed by atoms with Crippen molar-refractivity contribution in [1.82, 2.24) is 0 Å². The summed E-state index contributed by atoms with van der Waals surface area (Å²) in [4.78, 5) is 0. The van der Waals surface area contributed by atoms with Crippen LogP contribution < -0.4 is 0 Å². The molecular weight excluding hydrogens is 84.1 g/mol. The van der Waals surface area contributed by atoms with Crippen LogP contribution >= 0.6 is 0 Å². The number of rotatable bonds is 0. The highest BCUT2D eigenvalue weighted by molar-refractivity contribution is 4.96. The molecule has 0 N–H and O–H groups in total. The van der Waals surface area contributed by atoms with Gasteiger partial charge in [-0.05, 0) is 0 Å². The zero-order valence-corrected chi connectivity index (χ0v) is 4.41. The van der Waals surface area contributed by atoms with Crippen LogP contribution in [0.2, 0.25) is 0 Å². The minimum atomic E-state index is 0. The molecule has 0 heteroatoms. The summed E-state index contributed by atoms with van der Waals surface area (Å²) >= 11 is 0. The third-order valence-electron chi connectivity index (χ3n) is 0.479. The molecule has 0 fully saturated rings. The first-order valence-electron chi connectivity index (χ1n) is 2.37. The average Bonchev–Trinajstić information content (AvgIpc) is 1.61. The lowest BCUT2D eigenvalue weighted by molar-refractivity contribution is 1.23. The first-order chi connectivity index (χ1) is 2.91. The van der Waals surface area contributed by atoms with Crippen molar-refractivity contribution >= 4 is 0 Å². The van der Waals surface area contributed by atoms with E-state index in [1.807, 2.05) is 0 Å². The van der Waals surface area contributed by atoms with Crippen LogP contribution in [0.4, 0.5) is 0 Å². The van der Waals surface area contributed by atoms with E-state index in [9.17, 15) is 0 Å². The Morgan fingerprint density at radius 1 is 1.00 bits per heavy atom. The molecule has 0 unspecified atom stereocenters. The molecule has 0 atom stereocenters. The Hall–Kier alpha value is -0.440. The molecule has 0 saturated carbocycles. The van der Waals surface area contributed by atoms with E-state index in [0.29, 0.717) is 0 Å². The Balaban J connectivity index is 0. The van der Waals surface area contributed by atoms with Crippen LogP contribution in [0.15, 0.2) is 0 Å². The average molecular weight is 98.2 g/mol. The van der Waals surface area contributed by atoms with Crippen molar-refractivity contribution in [3.8, 4) is 11.8 Å². The molecule has 0 saturated heterocycles. The zero-order chi connectivity index (χ0) is 4.83. The van der Waals surface area contributed by atoms with Gasteiger partial charge < -0.3 is 0 Å². The Bertz CT molecular complexity index is 53.8. The molecule has 0 spiro atoms. The third-order valence-corrected chi connectivity index (χ3v) is 0.479. The Kier molecular flexibility index (Phi) is 12.7. The van der Waals surface area contributed by atoms with Gasteiger partial charge in [0.25, 0.3) is 0 Å². The second-order valence-electron chi connectivity index (χ2n) is 1.06. The molecule has 0 radical (unpaired) electrons. The molecular formula is C7H14. The SMILES string of the molecule is C.CCC#CCC. The topological polar surface area (TPSA) is 0 Å². The summed E-state index contributed by atoms with van der Waals surface area (Å²) < 4.78 is 0. The monoisotopic (exact) mass is 98.1 g/mol. The fourth-order valence-electron chi connectivity index (χ4n) is 0.250. The standard InChI is InChI=1S/C6H10.CH4/c1-3-5-6-4-2;/h3-4H2,1-2H3;1H4. The molecule has 0 bridgehead atoms. The molecule has 0 aliphatic carbocycles. The molecule has 42 valence electrons. The van der Waals surface area contributed by atoms with Crippen LogP contribution in [0.3, 0.4) is 0 Å². The zero-order valence-electron chi connectivity index (χ0n) is 4.41. The van der Waals surface area contributed by atoms with Crippen LogP contribution in [0.25, 0.3) is 0 Å². The van der Waals surface area contributed by atoms with E-state index in [0.717, 1.165) is 12.8 Å². The van der Waals surface area contributed by atoms with Gasteiger partial charge in [-0.15, -0.1) is 11.8 Å². The van der Waals surface area contributed by atoms with Gasteiger partial charge in [-0.1, -0.05) is 21.3 Å². The van der Waals surface area contributed by atoms with E-state index in [1.165, 1.54) is 0 Å². The van der Waals surface area contributed by atoms with Gasteiger partial charge in [0, 0.05) is 12.8 Å². The summed E-state index contributed by atoms with van der Waals surface area (Å²) in [6.07, 6.45) is 1.99. The summed E-state index contributed by atoms with van der Waals surface area (Å²) in [7, 11) is 0. The number of hydrogen-bond donors (Lipinski definition) is 0. The van der Waals surface area contributed by atoms with Crippen molar-refractivity contribution in [2.45, 2.75) is 34.1 Å². The van der Waals surface area contributed by atoms with E-state index in [-0.39, 0.29) is 7.43 Å². The molecule has 0 aromatic carbocycles. The highest BCUT2D eigenvalue weighted by Crippen LogP contribution is 1.69. The molecule has 0 aliphatic rings. The molecule has 0 aliphatic heterocycles. The lowest BCUT2D eigenvalue weighted by Crippen LogP contribution is -1.52. The summed E-state index contributed by atoms with van der Waals surface area (Å²) in [5, 5.41) is 0. The second kappa shape index (κ2) is 9.12. The van der Waals surface area contributed by atoms with Gasteiger partial charge in [-0.2, -0.15) is 0 Å². The van der Waals surface area contributed by atoms with Crippen LogP contribution in [-0.2, 0) is 0 Å². The van der Waals surface area contributed by atoms with Gasteiger partial charge >= 0.3 is 0 Å². The maximum absolute atomic E-state index is 2.95. The lowest BCUT2D eigenvalue weighted by Gasteiger charge is -1.65. The van der Waals surface area contributed by atoms with Crippen LogP contribution in [0.1, 0.15) is 34.1 Å². The quantitative estimate of drug-likeness (QED) is 0.408. The van der Waals surface area contributed by atoms with Gasteiger partial charge in [0.2, 0.25) is 0 Å². The van der Waals surface area contributed by atoms with E-state index >= 15 is 0 Å². The molecule has 0 nitrogen and oxygen atoms in total. The van der Waals surface area contributed by atoms with Crippen LogP contribution in [0, 0.1) is 11.8 Å². The van der Waals surface area contributed by atoms with Crippen LogP contribution in [-0.4, -0.2) is 0 Å². The van der Waals surface area contributed by atoms with Crippen LogP contribution in [0.5, 0.6) is 0 Å². The fraction of sp³-hybridized carbons (Fsp3) is 0.714. The predicted octanol–water partition coefficient (Wildman–Crippen LogP) is 2.45. The van der Waals surface area contributed by atoms with E-state index < -0.39 is 0 Å². The van der Waals surface area contributed by atoms with Crippen molar-refractivity contribution in [3.05, 3.63) is 0 Å². The van der Waals surface area contributed by atoms with Gasteiger partial charge in [0.15, 0.2) is 0 Å². The molecule has 0 aromatic rings. The fourth-order valence-corrected chi connectivity index (χ4v) is 0.250. The maximum atomic E-state index is 2.95. The maximum Gasteiger partial charge on any atom is 0.00602 e. The second-order valence-corrected chi connectivity index (χ2v) is 1.06. The molecule has 0 aromatic heterocycles. The first kappa shape index (κ1) is 9.75. The highest BCUT2D eigenvalue weighted by Gasteiger charge is 1.56. The minimum Gasteiger partial charge on any atom is -0.104 e. The summed E-state index contributed by atoms with van der Waals surface area (Å²) in [5.41, 5.74) is 0. The summed E-state index contributed by atoms with van der Waals surface area (Å²) in [5.74, 6) is 5.90. The molecule has 0 rings (SSSR count). The van der Waals surface area contributed by atoms with E-state index in [2.05, 4.69) is 25.7 Å². The van der Waals surface area contributed by atoms with Crippen molar-refractivity contribution < 1.29 is 0 Å². The Labute approximate surface area is 46.9 Å². The van der Waals surface area contributed by atoms with Crippen molar-refractivity contribution in [2.24, 2.45) is 0 Å². The van der Waals surface area contributed by atoms with Crippen molar-refractivity contribution in [1.29, 1.82) is 0 Å². The van der Waals surface area contributed by atoms with E-state index in [1.54, 1.807) is 0 Å². The molecule has 0 heterocycles. The summed E-state index contributed by atoms with van der Waals surface area (Å²) in [6.45, 7) is 4.12. The third kappa shape index (κ3) is 10.8.